The van der Waals surface area contributed by atoms with Crippen LogP contribution in [-0.2, 0) is 16.9 Å². The Kier molecular flexibility index (Phi) is 3.17. The molecule has 6 nitrogen and oxygen atoms in total. The number of carbonyl (C=O) groups is 2. The number of pyridine rings is 1. The van der Waals surface area contributed by atoms with Crippen molar-refractivity contribution in [2.45, 2.75) is 19.0 Å². The van der Waals surface area contributed by atoms with Crippen molar-refractivity contribution in [2.75, 3.05) is 0 Å². The van der Waals surface area contributed by atoms with Crippen LogP contribution in [0.2, 0.25) is 5.15 Å². The molecule has 0 aliphatic carbocycles. The standard InChI is InChI=1S/C14H12ClN3O3/c1-14(10-5-3-7-21-10)12(19)18(13(20)17-14)8-9-4-2-6-11(15)16-9/h2-7H,8H2,1H3,(H,17,20). The van der Waals surface area contributed by atoms with Gasteiger partial charge in [0.05, 0.1) is 18.5 Å². The summed E-state index contributed by atoms with van der Waals surface area (Å²) < 4.78 is 5.26. The van der Waals surface area contributed by atoms with Crippen molar-refractivity contribution in [1.82, 2.24) is 15.2 Å². The van der Waals surface area contributed by atoms with Gasteiger partial charge < -0.3 is 9.73 Å². The summed E-state index contributed by atoms with van der Waals surface area (Å²) in [4.78, 5) is 29.8. The fraction of sp³-hybridized carbons (Fsp3) is 0.214. The second kappa shape index (κ2) is 4.89. The van der Waals surface area contributed by atoms with Gasteiger partial charge in [-0.25, -0.2) is 9.78 Å². The Balaban J connectivity index is 1.88. The van der Waals surface area contributed by atoms with Gasteiger partial charge in [-0.15, -0.1) is 0 Å². The Hall–Kier alpha value is -2.34. The number of halogens is 1. The lowest BCUT2D eigenvalue weighted by Crippen LogP contribution is -2.40. The summed E-state index contributed by atoms with van der Waals surface area (Å²) in [7, 11) is 0. The summed E-state index contributed by atoms with van der Waals surface area (Å²) in [6.45, 7) is 1.67. The molecule has 0 aromatic carbocycles. The van der Waals surface area contributed by atoms with E-state index in [1.54, 1.807) is 37.3 Å². The zero-order valence-electron chi connectivity index (χ0n) is 11.2. The van der Waals surface area contributed by atoms with Crippen LogP contribution >= 0.6 is 11.6 Å². The first-order valence-electron chi connectivity index (χ1n) is 6.30. The molecule has 0 spiro atoms. The number of carbonyl (C=O) groups excluding carboxylic acids is 2. The molecule has 1 atom stereocenters. The van der Waals surface area contributed by atoms with Gasteiger partial charge in [0.2, 0.25) is 0 Å². The van der Waals surface area contributed by atoms with Crippen molar-refractivity contribution >= 4 is 23.5 Å². The highest BCUT2D eigenvalue weighted by Crippen LogP contribution is 2.29. The predicted octanol–water partition coefficient (Wildman–Crippen LogP) is 2.30. The van der Waals surface area contributed by atoms with Crippen LogP contribution in [0.1, 0.15) is 18.4 Å². The van der Waals surface area contributed by atoms with Crippen LogP contribution in [-0.4, -0.2) is 21.8 Å². The molecule has 3 rings (SSSR count). The number of nitrogens with zero attached hydrogens (tertiary/aromatic N) is 2. The second-order valence-electron chi connectivity index (χ2n) is 4.88. The molecule has 1 saturated heterocycles. The highest BCUT2D eigenvalue weighted by atomic mass is 35.5. The molecule has 2 aromatic rings. The van der Waals surface area contributed by atoms with E-state index in [2.05, 4.69) is 10.3 Å². The molecule has 2 aromatic heterocycles. The fourth-order valence-electron chi connectivity index (χ4n) is 2.27. The summed E-state index contributed by atoms with van der Waals surface area (Å²) in [5.74, 6) is 0.00614. The highest BCUT2D eigenvalue weighted by Gasteiger charge is 2.50. The van der Waals surface area contributed by atoms with Crippen LogP contribution in [0.4, 0.5) is 4.79 Å². The summed E-state index contributed by atoms with van der Waals surface area (Å²) >= 11 is 5.81. The predicted molar refractivity (Wildman–Crippen MR) is 74.4 cm³/mol. The number of hydrogen-bond donors (Lipinski definition) is 1. The van der Waals surface area contributed by atoms with E-state index in [0.29, 0.717) is 16.6 Å². The van der Waals surface area contributed by atoms with Gasteiger partial charge in [0.1, 0.15) is 10.9 Å². The lowest BCUT2D eigenvalue weighted by atomic mass is 9.99. The average molecular weight is 306 g/mol. The average Bonchev–Trinajstić information content (AvgIpc) is 3.04. The van der Waals surface area contributed by atoms with Gasteiger partial charge in [-0.1, -0.05) is 17.7 Å². The molecule has 1 unspecified atom stereocenters. The Labute approximate surface area is 125 Å². The molecule has 108 valence electrons. The van der Waals surface area contributed by atoms with E-state index in [9.17, 15) is 9.59 Å². The van der Waals surface area contributed by atoms with Crippen LogP contribution in [0, 0.1) is 0 Å². The molecule has 7 heteroatoms. The molecule has 1 fully saturated rings. The Morgan fingerprint density at radius 1 is 1.33 bits per heavy atom. The number of aromatic nitrogens is 1. The molecule has 0 radical (unpaired) electrons. The van der Waals surface area contributed by atoms with Crippen molar-refractivity contribution in [3.63, 3.8) is 0 Å². The van der Waals surface area contributed by atoms with E-state index in [4.69, 9.17) is 16.0 Å². The molecule has 1 N–H and O–H groups in total. The normalized spacial score (nSPS) is 21.7. The number of rotatable bonds is 3. The van der Waals surface area contributed by atoms with Gasteiger partial charge in [-0.2, -0.15) is 0 Å². The monoisotopic (exact) mass is 305 g/mol. The molecule has 21 heavy (non-hydrogen) atoms. The number of imide groups is 1. The van der Waals surface area contributed by atoms with Crippen molar-refractivity contribution in [3.05, 3.63) is 53.2 Å². The number of furan rings is 1. The van der Waals surface area contributed by atoms with Crippen molar-refractivity contribution in [2.24, 2.45) is 0 Å². The van der Waals surface area contributed by atoms with Crippen molar-refractivity contribution in [3.8, 4) is 0 Å². The van der Waals surface area contributed by atoms with Gasteiger partial charge in [-0.3, -0.25) is 9.69 Å². The first-order chi connectivity index (χ1) is 10.0. The Morgan fingerprint density at radius 3 is 2.81 bits per heavy atom. The SMILES string of the molecule is CC1(c2ccco2)NC(=O)N(Cc2cccc(Cl)n2)C1=O. The summed E-state index contributed by atoms with van der Waals surface area (Å²) in [5, 5.41) is 2.96. The van der Waals surface area contributed by atoms with Crippen molar-refractivity contribution in [1.29, 1.82) is 0 Å². The molecule has 1 aliphatic heterocycles. The number of amides is 3. The summed E-state index contributed by atoms with van der Waals surface area (Å²) in [6.07, 6.45) is 1.46. The smallest absolute Gasteiger partial charge is 0.325 e. The molecular weight excluding hydrogens is 294 g/mol. The molecule has 3 amide bonds. The zero-order valence-corrected chi connectivity index (χ0v) is 11.9. The summed E-state index contributed by atoms with van der Waals surface area (Å²) in [5.41, 5.74) is -0.659. The minimum atomic E-state index is -1.20. The largest absolute Gasteiger partial charge is 0.466 e. The number of urea groups is 1. The van der Waals surface area contributed by atoms with Crippen LogP contribution in [0.15, 0.2) is 41.0 Å². The maximum atomic E-state index is 12.5. The maximum absolute atomic E-state index is 12.5. The van der Waals surface area contributed by atoms with Crippen LogP contribution < -0.4 is 5.32 Å². The summed E-state index contributed by atoms with van der Waals surface area (Å²) in [6, 6.07) is 7.88. The van der Waals surface area contributed by atoms with Gasteiger partial charge in [0.25, 0.3) is 5.91 Å². The molecule has 0 bridgehead atoms. The molecule has 3 heterocycles. The van der Waals surface area contributed by atoms with Gasteiger partial charge in [-0.05, 0) is 31.2 Å². The van der Waals surface area contributed by atoms with Crippen LogP contribution in [0.5, 0.6) is 0 Å². The lowest BCUT2D eigenvalue weighted by Gasteiger charge is -2.18. The van der Waals surface area contributed by atoms with Crippen LogP contribution in [0.25, 0.3) is 0 Å². The molecular formula is C14H12ClN3O3. The Bertz CT molecular complexity index is 701. The Morgan fingerprint density at radius 2 is 2.14 bits per heavy atom. The van der Waals surface area contributed by atoms with Crippen LogP contribution in [0.3, 0.4) is 0 Å². The van der Waals surface area contributed by atoms with E-state index >= 15 is 0 Å². The first kappa shape index (κ1) is 13.6. The zero-order chi connectivity index (χ0) is 15.0. The third-order valence-corrected chi connectivity index (χ3v) is 3.59. The van der Waals surface area contributed by atoms with E-state index in [-0.39, 0.29) is 12.5 Å². The molecule has 1 aliphatic rings. The van der Waals surface area contributed by atoms with Gasteiger partial charge >= 0.3 is 6.03 Å². The minimum Gasteiger partial charge on any atom is -0.466 e. The van der Waals surface area contributed by atoms with Gasteiger partial charge in [0.15, 0.2) is 5.54 Å². The number of hydrogen-bond acceptors (Lipinski definition) is 4. The lowest BCUT2D eigenvalue weighted by molar-refractivity contribution is -0.132. The second-order valence-corrected chi connectivity index (χ2v) is 5.26. The third kappa shape index (κ3) is 2.27. The van der Waals surface area contributed by atoms with Gasteiger partial charge in [0, 0.05) is 0 Å². The fourth-order valence-corrected chi connectivity index (χ4v) is 2.45. The number of nitrogens with one attached hydrogen (secondary N) is 1. The minimum absolute atomic E-state index is 0.0571. The first-order valence-corrected chi connectivity index (χ1v) is 6.68. The molecule has 0 saturated carbocycles. The van der Waals surface area contributed by atoms with E-state index in [0.717, 1.165) is 4.90 Å². The third-order valence-electron chi connectivity index (χ3n) is 3.38. The topological polar surface area (TPSA) is 75.4 Å². The van der Waals surface area contributed by atoms with E-state index in [1.807, 2.05) is 0 Å². The van der Waals surface area contributed by atoms with Crippen molar-refractivity contribution < 1.29 is 14.0 Å². The van der Waals surface area contributed by atoms with E-state index in [1.165, 1.54) is 6.26 Å². The highest BCUT2D eigenvalue weighted by molar-refractivity contribution is 6.29. The maximum Gasteiger partial charge on any atom is 0.325 e. The quantitative estimate of drug-likeness (QED) is 0.697. The van der Waals surface area contributed by atoms with E-state index < -0.39 is 11.6 Å².